The topological polar surface area (TPSA) is 116 Å². The lowest BCUT2D eigenvalue weighted by molar-refractivity contribution is -0.207. The second-order valence-electron chi connectivity index (χ2n) is 3.99. The van der Waals surface area contributed by atoms with Crippen LogP contribution in [0, 0.1) is 0 Å². The van der Waals surface area contributed by atoms with E-state index >= 15 is 0 Å². The average molecular weight is 253 g/mol. The van der Waals surface area contributed by atoms with E-state index in [4.69, 9.17) is 10.5 Å². The third kappa shape index (κ3) is 2.67. The first-order chi connectivity index (χ1) is 7.40. The summed E-state index contributed by atoms with van der Waals surface area (Å²) in [6, 6.07) is -0.813. The molecule has 7 heteroatoms. The predicted octanol–water partition coefficient (Wildman–Crippen LogP) is -2.13. The molecule has 1 fully saturated rings. The van der Waals surface area contributed by atoms with Gasteiger partial charge in [-0.1, -0.05) is 0 Å². The van der Waals surface area contributed by atoms with Crippen LogP contribution in [0.5, 0.6) is 0 Å². The average Bonchev–Trinajstić information content (AvgIpc) is 2.25. The minimum Gasteiger partial charge on any atom is -0.392 e. The molecule has 16 heavy (non-hydrogen) atoms. The van der Waals surface area contributed by atoms with Crippen molar-refractivity contribution in [2.45, 2.75) is 48.9 Å². The predicted molar refractivity (Wildman–Crippen MR) is 59.9 cm³/mol. The molecular formula is C9H19NO5S. The molecule has 1 heterocycles. The Morgan fingerprint density at radius 2 is 1.75 bits per heavy atom. The maximum Gasteiger partial charge on any atom is 0.132 e. The SMILES string of the molecule is CS[C@H]1O[C@H]([C@H](N)[C@@H](C)O)[C@H](O)[C@H](O)[C@@H]1O. The molecule has 0 radical (unpaired) electrons. The van der Waals surface area contributed by atoms with Gasteiger partial charge in [-0.15, -0.1) is 11.8 Å². The number of thioether (sulfide) groups is 1. The van der Waals surface area contributed by atoms with E-state index in [-0.39, 0.29) is 0 Å². The molecule has 6 nitrogen and oxygen atoms in total. The molecule has 0 aromatic heterocycles. The molecule has 0 aromatic rings. The van der Waals surface area contributed by atoms with E-state index in [2.05, 4.69) is 0 Å². The van der Waals surface area contributed by atoms with Crippen LogP contribution in [0.25, 0.3) is 0 Å². The maximum atomic E-state index is 9.71. The smallest absolute Gasteiger partial charge is 0.132 e. The number of aliphatic hydroxyl groups is 4. The van der Waals surface area contributed by atoms with Crippen LogP contribution in [0.3, 0.4) is 0 Å². The minimum absolute atomic E-state index is 0.659. The first-order valence-corrected chi connectivity index (χ1v) is 6.35. The van der Waals surface area contributed by atoms with Gasteiger partial charge in [0.1, 0.15) is 29.9 Å². The van der Waals surface area contributed by atoms with Crippen molar-refractivity contribution in [2.24, 2.45) is 5.73 Å². The van der Waals surface area contributed by atoms with Crippen LogP contribution < -0.4 is 5.73 Å². The van der Waals surface area contributed by atoms with Crippen LogP contribution in [0.1, 0.15) is 6.92 Å². The Balaban J connectivity index is 2.78. The zero-order valence-corrected chi connectivity index (χ0v) is 10.0. The zero-order chi connectivity index (χ0) is 12.5. The van der Waals surface area contributed by atoms with E-state index in [1.165, 1.54) is 18.7 Å². The fourth-order valence-electron chi connectivity index (χ4n) is 1.66. The lowest BCUT2D eigenvalue weighted by Gasteiger charge is -2.42. The Bertz CT molecular complexity index is 228. The van der Waals surface area contributed by atoms with Crippen molar-refractivity contribution in [2.75, 3.05) is 6.26 Å². The van der Waals surface area contributed by atoms with Crippen molar-refractivity contribution in [3.63, 3.8) is 0 Å². The standard InChI is InChI=1S/C9H19NO5S/c1-3(11)4(10)8-6(13)5(12)7(14)9(15-8)16-2/h3-9,11-14H,10H2,1-2H3/t3-,4-,5+,6-,7+,8-,9-/m1/s1. The van der Waals surface area contributed by atoms with Crippen molar-refractivity contribution in [1.82, 2.24) is 0 Å². The van der Waals surface area contributed by atoms with Gasteiger partial charge in [0.15, 0.2) is 0 Å². The summed E-state index contributed by atoms with van der Waals surface area (Å²) in [6.45, 7) is 1.48. The van der Waals surface area contributed by atoms with Crippen LogP contribution in [-0.4, -0.2) is 68.7 Å². The first kappa shape index (κ1) is 14.2. The van der Waals surface area contributed by atoms with E-state index < -0.39 is 42.0 Å². The van der Waals surface area contributed by atoms with Crippen molar-refractivity contribution < 1.29 is 25.2 Å². The molecule has 7 atom stereocenters. The van der Waals surface area contributed by atoms with Gasteiger partial charge in [0.05, 0.1) is 12.1 Å². The molecule has 1 aliphatic rings. The quantitative estimate of drug-likeness (QED) is 0.390. The number of hydrogen-bond donors (Lipinski definition) is 5. The monoisotopic (exact) mass is 253 g/mol. The van der Waals surface area contributed by atoms with Crippen LogP contribution in [0.4, 0.5) is 0 Å². The second kappa shape index (κ2) is 5.63. The summed E-state index contributed by atoms with van der Waals surface area (Å²) in [5, 5.41) is 38.2. The molecular weight excluding hydrogens is 234 g/mol. The van der Waals surface area contributed by atoms with Crippen molar-refractivity contribution in [3.8, 4) is 0 Å². The third-order valence-electron chi connectivity index (χ3n) is 2.78. The highest BCUT2D eigenvalue weighted by Gasteiger charge is 2.46. The van der Waals surface area contributed by atoms with Gasteiger partial charge in [-0.05, 0) is 13.2 Å². The van der Waals surface area contributed by atoms with Crippen LogP contribution >= 0.6 is 11.8 Å². The number of hydrogen-bond acceptors (Lipinski definition) is 7. The van der Waals surface area contributed by atoms with Crippen LogP contribution in [0.15, 0.2) is 0 Å². The molecule has 0 amide bonds. The summed E-state index contributed by atoms with van der Waals surface area (Å²) in [7, 11) is 0. The summed E-state index contributed by atoms with van der Waals surface area (Å²) in [5.41, 5.74) is 5.01. The van der Waals surface area contributed by atoms with Gasteiger partial charge >= 0.3 is 0 Å². The van der Waals surface area contributed by atoms with Crippen LogP contribution in [0.2, 0.25) is 0 Å². The van der Waals surface area contributed by atoms with Crippen molar-refractivity contribution in [1.29, 1.82) is 0 Å². The first-order valence-electron chi connectivity index (χ1n) is 5.06. The summed E-state index contributed by atoms with van der Waals surface area (Å²) in [6.07, 6.45) is -3.84. The Morgan fingerprint density at radius 1 is 1.19 bits per heavy atom. The fourth-order valence-corrected chi connectivity index (χ4v) is 2.34. The lowest BCUT2D eigenvalue weighted by Crippen LogP contribution is -2.63. The van der Waals surface area contributed by atoms with Gasteiger partial charge in [-0.25, -0.2) is 0 Å². The van der Waals surface area contributed by atoms with Gasteiger partial charge in [0, 0.05) is 0 Å². The lowest BCUT2D eigenvalue weighted by atomic mass is 9.93. The molecule has 6 N–H and O–H groups in total. The number of nitrogens with two attached hydrogens (primary N) is 1. The number of rotatable bonds is 3. The highest BCUT2D eigenvalue weighted by Crippen LogP contribution is 2.28. The molecule has 0 aromatic carbocycles. The summed E-state index contributed by atoms with van der Waals surface area (Å²) < 4.78 is 5.37. The summed E-state index contributed by atoms with van der Waals surface area (Å²) in [4.78, 5) is 0. The molecule has 96 valence electrons. The number of ether oxygens (including phenoxy) is 1. The Kier molecular flexibility index (Phi) is 4.99. The van der Waals surface area contributed by atoms with E-state index in [1.54, 1.807) is 6.26 Å². The van der Waals surface area contributed by atoms with Gasteiger partial charge in [-0.3, -0.25) is 0 Å². The Morgan fingerprint density at radius 3 is 2.19 bits per heavy atom. The van der Waals surface area contributed by atoms with Gasteiger partial charge in [0.2, 0.25) is 0 Å². The third-order valence-corrected chi connectivity index (χ3v) is 3.63. The molecule has 1 aliphatic heterocycles. The molecule has 0 aliphatic carbocycles. The van der Waals surface area contributed by atoms with Crippen molar-refractivity contribution in [3.05, 3.63) is 0 Å². The highest BCUT2D eigenvalue weighted by molar-refractivity contribution is 7.99. The zero-order valence-electron chi connectivity index (χ0n) is 9.22. The Labute approximate surface area is 98.4 Å². The van der Waals surface area contributed by atoms with E-state index in [0.29, 0.717) is 0 Å². The van der Waals surface area contributed by atoms with Gasteiger partial charge < -0.3 is 30.9 Å². The van der Waals surface area contributed by atoms with Crippen molar-refractivity contribution >= 4 is 11.8 Å². The van der Waals surface area contributed by atoms with Crippen LogP contribution in [-0.2, 0) is 4.74 Å². The minimum atomic E-state index is -1.32. The molecule has 0 spiro atoms. The fraction of sp³-hybridized carbons (Fsp3) is 1.00. The molecule has 1 rings (SSSR count). The molecule has 1 saturated heterocycles. The molecule has 0 bridgehead atoms. The molecule has 0 saturated carbocycles. The van der Waals surface area contributed by atoms with Gasteiger partial charge in [0.25, 0.3) is 0 Å². The normalized spacial score (nSPS) is 44.1. The van der Waals surface area contributed by atoms with E-state index in [0.717, 1.165) is 0 Å². The second-order valence-corrected chi connectivity index (χ2v) is 4.93. The maximum absolute atomic E-state index is 9.71. The summed E-state index contributed by atoms with van der Waals surface area (Å²) >= 11 is 1.21. The van der Waals surface area contributed by atoms with E-state index in [1.807, 2.05) is 0 Å². The largest absolute Gasteiger partial charge is 0.392 e. The summed E-state index contributed by atoms with van der Waals surface area (Å²) in [5.74, 6) is 0. The van der Waals surface area contributed by atoms with Gasteiger partial charge in [-0.2, -0.15) is 0 Å². The Hall–Kier alpha value is 0.110. The molecule has 0 unspecified atom stereocenters. The number of aliphatic hydroxyl groups excluding tert-OH is 4. The highest BCUT2D eigenvalue weighted by atomic mass is 32.2. The van der Waals surface area contributed by atoms with E-state index in [9.17, 15) is 20.4 Å².